The number of aromatic carboxylic acids is 1. The third kappa shape index (κ3) is 4.87. The molecular weight excluding hydrogens is 282 g/mol. The Kier molecular flexibility index (Phi) is 5.94. The van der Waals surface area contributed by atoms with Crippen LogP contribution in [0.4, 0.5) is 0 Å². The number of hydrogen-bond donors (Lipinski definition) is 3. The van der Waals surface area contributed by atoms with Crippen molar-refractivity contribution in [1.29, 1.82) is 0 Å². The van der Waals surface area contributed by atoms with Gasteiger partial charge in [-0.25, -0.2) is 4.79 Å². The molecule has 0 aliphatic carbocycles. The Morgan fingerprint density at radius 3 is 2.00 bits per heavy atom. The van der Waals surface area contributed by atoms with Crippen LogP contribution in [-0.4, -0.2) is 29.4 Å². The largest absolute Gasteiger partial charge is 0.491 e. The fourth-order valence-electron chi connectivity index (χ4n) is 1.98. The first-order valence-corrected chi connectivity index (χ1v) is 7.04. The zero-order valence-electron chi connectivity index (χ0n) is 12.2. The second kappa shape index (κ2) is 8.17. The number of hydrogen-bond acceptors (Lipinski definition) is 4. The second-order valence-electron chi connectivity index (χ2n) is 4.82. The predicted molar refractivity (Wildman–Crippen MR) is 83.0 cm³/mol. The van der Waals surface area contributed by atoms with Crippen LogP contribution in [-0.2, 0) is 13.1 Å². The molecule has 5 nitrogen and oxygen atoms in total. The van der Waals surface area contributed by atoms with Crippen LogP contribution in [0.1, 0.15) is 21.5 Å². The lowest BCUT2D eigenvalue weighted by Gasteiger charge is -2.07. The average molecular weight is 301 g/mol. The number of rotatable bonds is 8. The summed E-state index contributed by atoms with van der Waals surface area (Å²) in [5.41, 5.74) is 2.45. The molecule has 2 rings (SSSR count). The third-order valence-electron chi connectivity index (χ3n) is 3.14. The van der Waals surface area contributed by atoms with Gasteiger partial charge in [-0.15, -0.1) is 0 Å². The zero-order valence-corrected chi connectivity index (χ0v) is 12.2. The Morgan fingerprint density at radius 2 is 1.50 bits per heavy atom. The lowest BCUT2D eigenvalue weighted by molar-refractivity contribution is 0.0697. The molecular formula is C17H19NO4. The maximum atomic E-state index is 10.8. The quantitative estimate of drug-likeness (QED) is 0.695. The van der Waals surface area contributed by atoms with Gasteiger partial charge >= 0.3 is 5.97 Å². The van der Waals surface area contributed by atoms with Gasteiger partial charge in [0.1, 0.15) is 12.4 Å². The number of nitrogens with one attached hydrogen (secondary N) is 1. The van der Waals surface area contributed by atoms with Gasteiger partial charge < -0.3 is 20.3 Å². The van der Waals surface area contributed by atoms with Gasteiger partial charge in [0, 0.05) is 13.1 Å². The van der Waals surface area contributed by atoms with Crippen LogP contribution in [0.2, 0.25) is 0 Å². The van der Waals surface area contributed by atoms with Crippen molar-refractivity contribution in [3.8, 4) is 5.75 Å². The van der Waals surface area contributed by atoms with E-state index in [4.69, 9.17) is 14.9 Å². The Balaban J connectivity index is 1.79. The Labute approximate surface area is 129 Å². The summed E-state index contributed by atoms with van der Waals surface area (Å²) in [7, 11) is 0. The van der Waals surface area contributed by atoms with E-state index in [1.54, 1.807) is 12.1 Å². The van der Waals surface area contributed by atoms with Crippen LogP contribution < -0.4 is 10.1 Å². The normalized spacial score (nSPS) is 10.4. The molecule has 0 radical (unpaired) electrons. The van der Waals surface area contributed by atoms with E-state index in [9.17, 15) is 4.79 Å². The molecule has 0 amide bonds. The summed E-state index contributed by atoms with van der Waals surface area (Å²) >= 11 is 0. The fourth-order valence-corrected chi connectivity index (χ4v) is 1.98. The van der Waals surface area contributed by atoms with E-state index in [1.807, 2.05) is 36.4 Å². The van der Waals surface area contributed by atoms with Crippen molar-refractivity contribution in [2.75, 3.05) is 13.2 Å². The summed E-state index contributed by atoms with van der Waals surface area (Å²) in [6, 6.07) is 14.5. The molecule has 0 aliphatic rings. The molecule has 0 bridgehead atoms. The Bertz CT molecular complexity index is 593. The van der Waals surface area contributed by atoms with Crippen LogP contribution in [0.3, 0.4) is 0 Å². The molecule has 5 heteroatoms. The second-order valence-corrected chi connectivity index (χ2v) is 4.82. The molecule has 0 atom stereocenters. The van der Waals surface area contributed by atoms with Crippen molar-refractivity contribution in [1.82, 2.24) is 5.32 Å². The summed E-state index contributed by atoms with van der Waals surface area (Å²) in [6.07, 6.45) is 0. The van der Waals surface area contributed by atoms with Gasteiger partial charge in [-0.05, 0) is 35.4 Å². The van der Waals surface area contributed by atoms with Crippen molar-refractivity contribution in [2.24, 2.45) is 0 Å². The number of aliphatic hydroxyl groups excluding tert-OH is 1. The predicted octanol–water partition coefficient (Wildman–Crippen LogP) is 2.05. The topological polar surface area (TPSA) is 78.8 Å². The van der Waals surface area contributed by atoms with Gasteiger partial charge in [-0.3, -0.25) is 0 Å². The molecule has 2 aromatic rings. The molecule has 0 saturated heterocycles. The van der Waals surface area contributed by atoms with Gasteiger partial charge in [0.25, 0.3) is 0 Å². The van der Waals surface area contributed by atoms with Crippen LogP contribution in [0, 0.1) is 0 Å². The number of carboxylic acids is 1. The molecule has 116 valence electrons. The average Bonchev–Trinajstić information content (AvgIpc) is 2.54. The van der Waals surface area contributed by atoms with Crippen molar-refractivity contribution in [2.45, 2.75) is 13.1 Å². The molecule has 0 spiro atoms. The number of carboxylic acid groups (broad SMARTS) is 1. The van der Waals surface area contributed by atoms with Gasteiger partial charge in [0.2, 0.25) is 0 Å². The van der Waals surface area contributed by atoms with Gasteiger partial charge in [-0.2, -0.15) is 0 Å². The Morgan fingerprint density at radius 1 is 0.955 bits per heavy atom. The SMILES string of the molecule is O=C(O)c1ccc(CNCc2ccc(OCCO)cc2)cc1. The summed E-state index contributed by atoms with van der Waals surface area (Å²) in [6.45, 7) is 1.68. The molecule has 0 heterocycles. The molecule has 22 heavy (non-hydrogen) atoms. The zero-order chi connectivity index (χ0) is 15.8. The summed E-state index contributed by atoms with van der Waals surface area (Å²) in [5, 5.41) is 20.8. The molecule has 0 aliphatic heterocycles. The highest BCUT2D eigenvalue weighted by atomic mass is 16.5. The summed E-state index contributed by atoms with van der Waals surface area (Å²) in [5.74, 6) is -0.176. The minimum absolute atomic E-state index is 0.00394. The van der Waals surface area contributed by atoms with E-state index in [0.29, 0.717) is 25.3 Å². The third-order valence-corrected chi connectivity index (χ3v) is 3.14. The molecule has 3 N–H and O–H groups in total. The number of benzene rings is 2. The molecule has 0 aromatic heterocycles. The van der Waals surface area contributed by atoms with Crippen molar-refractivity contribution >= 4 is 5.97 Å². The maximum Gasteiger partial charge on any atom is 0.335 e. The highest BCUT2D eigenvalue weighted by molar-refractivity contribution is 5.87. The van der Waals surface area contributed by atoms with Crippen molar-refractivity contribution in [3.63, 3.8) is 0 Å². The van der Waals surface area contributed by atoms with E-state index >= 15 is 0 Å². The van der Waals surface area contributed by atoms with E-state index in [0.717, 1.165) is 16.9 Å². The monoisotopic (exact) mass is 301 g/mol. The number of ether oxygens (including phenoxy) is 1. The van der Waals surface area contributed by atoms with Crippen LogP contribution in [0.25, 0.3) is 0 Å². The standard InChI is InChI=1S/C17H19NO4/c19-9-10-22-16-7-3-14(4-8-16)12-18-11-13-1-5-15(6-2-13)17(20)21/h1-8,18-19H,9-12H2,(H,20,21). The smallest absolute Gasteiger partial charge is 0.335 e. The molecule has 2 aromatic carbocycles. The van der Waals surface area contributed by atoms with E-state index in [-0.39, 0.29) is 6.61 Å². The fraction of sp³-hybridized carbons (Fsp3) is 0.235. The van der Waals surface area contributed by atoms with Crippen molar-refractivity contribution in [3.05, 3.63) is 65.2 Å². The maximum absolute atomic E-state index is 10.8. The minimum Gasteiger partial charge on any atom is -0.491 e. The molecule has 0 fully saturated rings. The molecule has 0 unspecified atom stereocenters. The van der Waals surface area contributed by atoms with Crippen molar-refractivity contribution < 1.29 is 19.7 Å². The van der Waals surface area contributed by atoms with E-state index in [2.05, 4.69) is 5.32 Å². The van der Waals surface area contributed by atoms with Crippen LogP contribution >= 0.6 is 0 Å². The highest BCUT2D eigenvalue weighted by Gasteiger charge is 2.01. The van der Waals surface area contributed by atoms with Gasteiger partial charge in [0.15, 0.2) is 0 Å². The Hall–Kier alpha value is -2.37. The first-order valence-electron chi connectivity index (χ1n) is 7.04. The minimum atomic E-state index is -0.914. The molecule has 0 saturated carbocycles. The highest BCUT2D eigenvalue weighted by Crippen LogP contribution is 2.12. The number of aliphatic hydroxyl groups is 1. The van der Waals surface area contributed by atoms with E-state index in [1.165, 1.54) is 0 Å². The first kappa shape index (κ1) is 16.0. The van der Waals surface area contributed by atoms with Gasteiger partial charge in [0.05, 0.1) is 12.2 Å². The lowest BCUT2D eigenvalue weighted by Crippen LogP contribution is -2.12. The summed E-state index contributed by atoms with van der Waals surface area (Å²) in [4.78, 5) is 10.8. The lowest BCUT2D eigenvalue weighted by atomic mass is 10.1. The van der Waals surface area contributed by atoms with Gasteiger partial charge in [-0.1, -0.05) is 24.3 Å². The van der Waals surface area contributed by atoms with Crippen LogP contribution in [0.5, 0.6) is 5.75 Å². The van der Waals surface area contributed by atoms with E-state index < -0.39 is 5.97 Å². The summed E-state index contributed by atoms with van der Waals surface area (Å²) < 4.78 is 5.30. The number of carbonyl (C=O) groups is 1. The first-order chi connectivity index (χ1) is 10.7. The van der Waals surface area contributed by atoms with Crippen LogP contribution in [0.15, 0.2) is 48.5 Å².